The number of anilines is 1. The number of nitrogens with zero attached hydrogens (tertiary/aromatic N) is 1. The number of carbonyl (C=O) groups excluding carboxylic acids is 1. The van der Waals surface area contributed by atoms with E-state index in [-0.39, 0.29) is 24.3 Å². The van der Waals surface area contributed by atoms with E-state index in [1.165, 1.54) is 19.3 Å². The van der Waals surface area contributed by atoms with E-state index < -0.39 is 0 Å². The monoisotopic (exact) mass is 323 g/mol. The van der Waals surface area contributed by atoms with Crippen LogP contribution in [0.2, 0.25) is 0 Å². The normalized spacial score (nSPS) is 18.2. The molecule has 4 rings (SSSR count). The molecule has 4 heteroatoms. The van der Waals surface area contributed by atoms with Crippen LogP contribution in [0.3, 0.4) is 0 Å². The van der Waals surface area contributed by atoms with Crippen LogP contribution in [0.1, 0.15) is 32.1 Å². The number of hydrogen-bond donors (Lipinski definition) is 1. The van der Waals surface area contributed by atoms with Crippen molar-refractivity contribution in [1.82, 2.24) is 0 Å². The third-order valence-electron chi connectivity index (χ3n) is 4.98. The number of aromatic hydroxyl groups is 1. The summed E-state index contributed by atoms with van der Waals surface area (Å²) in [4.78, 5) is 14.5. The number of ether oxygens (including phenoxy) is 1. The van der Waals surface area contributed by atoms with Gasteiger partial charge in [-0.2, -0.15) is 0 Å². The molecule has 1 amide bonds. The summed E-state index contributed by atoms with van der Waals surface area (Å²) >= 11 is 0. The van der Waals surface area contributed by atoms with Crippen LogP contribution in [-0.4, -0.2) is 23.7 Å². The highest BCUT2D eigenvalue weighted by Gasteiger charge is 2.32. The topological polar surface area (TPSA) is 49.8 Å². The Morgan fingerprint density at radius 2 is 1.67 bits per heavy atom. The van der Waals surface area contributed by atoms with Gasteiger partial charge in [-0.3, -0.25) is 4.79 Å². The quantitative estimate of drug-likeness (QED) is 0.904. The fraction of sp³-hybridized carbons (Fsp3) is 0.350. The third-order valence-corrected chi connectivity index (χ3v) is 4.98. The van der Waals surface area contributed by atoms with Crippen LogP contribution in [-0.2, 0) is 4.79 Å². The highest BCUT2D eigenvalue weighted by Crippen LogP contribution is 2.39. The second kappa shape index (κ2) is 6.19. The van der Waals surface area contributed by atoms with Gasteiger partial charge in [0.1, 0.15) is 11.5 Å². The summed E-state index contributed by atoms with van der Waals surface area (Å²) in [5.74, 6) is 1.08. The van der Waals surface area contributed by atoms with E-state index in [1.807, 2.05) is 35.2 Å². The van der Waals surface area contributed by atoms with Crippen LogP contribution >= 0.6 is 0 Å². The minimum Gasteiger partial charge on any atom is -0.508 e. The maximum absolute atomic E-state index is 12.5. The lowest BCUT2D eigenvalue weighted by Gasteiger charge is -2.38. The number of hydrogen-bond acceptors (Lipinski definition) is 3. The maximum Gasteiger partial charge on any atom is 0.265 e. The second-order valence-electron chi connectivity index (χ2n) is 6.57. The van der Waals surface area contributed by atoms with E-state index in [4.69, 9.17) is 4.74 Å². The SMILES string of the molecule is O=C1COc2ccc(-c3ccc(O)cc3)cc2N1C1CCCCC1. The Hall–Kier alpha value is -2.49. The predicted molar refractivity (Wildman–Crippen MR) is 93.4 cm³/mol. The van der Waals surface area contributed by atoms with E-state index in [1.54, 1.807) is 12.1 Å². The molecule has 1 aliphatic heterocycles. The Morgan fingerprint density at radius 3 is 2.42 bits per heavy atom. The van der Waals surface area contributed by atoms with Crippen LogP contribution < -0.4 is 9.64 Å². The van der Waals surface area contributed by atoms with Crippen molar-refractivity contribution < 1.29 is 14.6 Å². The Kier molecular flexibility index (Phi) is 3.89. The Bertz CT molecular complexity index is 748. The van der Waals surface area contributed by atoms with Crippen molar-refractivity contribution in [3.63, 3.8) is 0 Å². The van der Waals surface area contributed by atoms with Crippen molar-refractivity contribution in [2.75, 3.05) is 11.5 Å². The lowest BCUT2D eigenvalue weighted by atomic mass is 9.93. The lowest BCUT2D eigenvalue weighted by molar-refractivity contribution is -0.122. The molecule has 2 aromatic rings. The zero-order valence-corrected chi connectivity index (χ0v) is 13.6. The first-order chi connectivity index (χ1) is 11.7. The van der Waals surface area contributed by atoms with Crippen molar-refractivity contribution in [2.24, 2.45) is 0 Å². The molecule has 0 bridgehead atoms. The summed E-state index contributed by atoms with van der Waals surface area (Å²) in [5, 5.41) is 9.47. The number of rotatable bonds is 2. The van der Waals surface area contributed by atoms with Crippen LogP contribution in [0.25, 0.3) is 11.1 Å². The number of benzene rings is 2. The van der Waals surface area contributed by atoms with Gasteiger partial charge < -0.3 is 14.7 Å². The Balaban J connectivity index is 1.73. The highest BCUT2D eigenvalue weighted by atomic mass is 16.5. The van der Waals surface area contributed by atoms with E-state index in [0.717, 1.165) is 35.4 Å². The third kappa shape index (κ3) is 2.73. The molecule has 1 heterocycles. The van der Waals surface area contributed by atoms with Gasteiger partial charge in [0, 0.05) is 6.04 Å². The average Bonchev–Trinajstić information content (AvgIpc) is 2.62. The van der Waals surface area contributed by atoms with Gasteiger partial charge in [0.05, 0.1) is 5.69 Å². The Morgan fingerprint density at radius 1 is 0.958 bits per heavy atom. The molecule has 0 aromatic heterocycles. The lowest BCUT2D eigenvalue weighted by Crippen LogP contribution is -2.46. The Labute approximate surface area is 141 Å². The molecular weight excluding hydrogens is 302 g/mol. The zero-order chi connectivity index (χ0) is 16.5. The molecule has 0 unspecified atom stereocenters. The number of carbonyl (C=O) groups is 1. The molecule has 1 N–H and O–H groups in total. The van der Waals surface area contributed by atoms with Crippen LogP contribution in [0.15, 0.2) is 42.5 Å². The molecular formula is C20H21NO3. The summed E-state index contributed by atoms with van der Waals surface area (Å²) in [6, 6.07) is 13.4. The molecule has 1 saturated carbocycles. The summed E-state index contributed by atoms with van der Waals surface area (Å²) in [7, 11) is 0. The summed E-state index contributed by atoms with van der Waals surface area (Å²) < 4.78 is 5.64. The van der Waals surface area contributed by atoms with Crippen molar-refractivity contribution in [1.29, 1.82) is 0 Å². The van der Waals surface area contributed by atoms with Crippen molar-refractivity contribution in [3.05, 3.63) is 42.5 Å². The molecule has 2 aliphatic rings. The molecule has 0 spiro atoms. The maximum atomic E-state index is 12.5. The molecule has 1 fully saturated rings. The van der Waals surface area contributed by atoms with Gasteiger partial charge in [0.2, 0.25) is 0 Å². The molecule has 124 valence electrons. The van der Waals surface area contributed by atoms with E-state index in [2.05, 4.69) is 0 Å². The molecule has 0 radical (unpaired) electrons. The van der Waals surface area contributed by atoms with Gasteiger partial charge in [-0.1, -0.05) is 37.5 Å². The van der Waals surface area contributed by atoms with E-state index in [9.17, 15) is 9.90 Å². The molecule has 0 atom stereocenters. The van der Waals surface area contributed by atoms with E-state index in [0.29, 0.717) is 0 Å². The van der Waals surface area contributed by atoms with Crippen LogP contribution in [0, 0.1) is 0 Å². The average molecular weight is 323 g/mol. The van der Waals surface area contributed by atoms with Gasteiger partial charge in [-0.05, 0) is 48.2 Å². The molecule has 1 aliphatic carbocycles. The number of phenols is 1. The molecule has 0 saturated heterocycles. The largest absolute Gasteiger partial charge is 0.508 e. The summed E-state index contributed by atoms with van der Waals surface area (Å²) in [5.41, 5.74) is 2.91. The van der Waals surface area contributed by atoms with Gasteiger partial charge in [0.25, 0.3) is 5.91 Å². The fourth-order valence-electron chi connectivity index (χ4n) is 3.74. The van der Waals surface area contributed by atoms with E-state index >= 15 is 0 Å². The molecule has 2 aromatic carbocycles. The first kappa shape index (κ1) is 15.1. The van der Waals surface area contributed by atoms with Crippen molar-refractivity contribution >= 4 is 11.6 Å². The van der Waals surface area contributed by atoms with Gasteiger partial charge in [-0.15, -0.1) is 0 Å². The van der Waals surface area contributed by atoms with Crippen molar-refractivity contribution in [2.45, 2.75) is 38.1 Å². The minimum absolute atomic E-state index is 0.0530. The summed E-state index contributed by atoms with van der Waals surface area (Å²) in [6.45, 7) is 0.127. The first-order valence-electron chi connectivity index (χ1n) is 8.61. The first-order valence-corrected chi connectivity index (χ1v) is 8.61. The van der Waals surface area contributed by atoms with Gasteiger partial charge in [0.15, 0.2) is 6.61 Å². The van der Waals surface area contributed by atoms with Crippen molar-refractivity contribution in [3.8, 4) is 22.6 Å². The summed E-state index contributed by atoms with van der Waals surface area (Å²) in [6.07, 6.45) is 5.75. The van der Waals surface area contributed by atoms with Crippen LogP contribution in [0.4, 0.5) is 5.69 Å². The highest BCUT2D eigenvalue weighted by molar-refractivity contribution is 5.99. The number of phenolic OH excluding ortho intramolecular Hbond substituents is 1. The molecule has 24 heavy (non-hydrogen) atoms. The van der Waals surface area contributed by atoms with Gasteiger partial charge >= 0.3 is 0 Å². The van der Waals surface area contributed by atoms with Gasteiger partial charge in [-0.25, -0.2) is 0 Å². The van der Waals surface area contributed by atoms with Crippen LogP contribution in [0.5, 0.6) is 11.5 Å². The standard InChI is InChI=1S/C20H21NO3/c22-17-9-6-14(7-10-17)15-8-11-19-18(12-15)21(20(23)13-24-19)16-4-2-1-3-5-16/h6-12,16,22H,1-5,13H2. The fourth-order valence-corrected chi connectivity index (χ4v) is 3.74. The number of fused-ring (bicyclic) bond motifs is 1. The molecule has 4 nitrogen and oxygen atoms in total. The predicted octanol–water partition coefficient (Wildman–Crippen LogP) is 4.12. The zero-order valence-electron chi connectivity index (χ0n) is 13.6. The smallest absolute Gasteiger partial charge is 0.265 e. The second-order valence-corrected chi connectivity index (χ2v) is 6.57. The number of amides is 1. The minimum atomic E-state index is 0.0530.